The van der Waals surface area contributed by atoms with Crippen molar-refractivity contribution in [3.8, 4) is 0 Å². The van der Waals surface area contributed by atoms with Crippen LogP contribution in [-0.4, -0.2) is 0 Å². The van der Waals surface area contributed by atoms with Crippen LogP contribution in [0.15, 0.2) is 0 Å². The van der Waals surface area contributed by atoms with Gasteiger partial charge in [-0.25, -0.2) is 0 Å². The molecule has 0 N–H and O–H groups in total. The zero-order valence-electron chi connectivity index (χ0n) is 12.5. The summed E-state index contributed by atoms with van der Waals surface area (Å²) < 4.78 is 0. The predicted octanol–water partition coefficient (Wildman–Crippen LogP) is 5.67. The SMILES string of the molecule is CC1CCCC(C(C)(C)C2CCCC(C)C2)C1. The molecule has 2 aliphatic rings. The fraction of sp³-hybridized carbons (Fsp3) is 1.00. The van der Waals surface area contributed by atoms with Crippen LogP contribution in [-0.2, 0) is 0 Å². The summed E-state index contributed by atoms with van der Waals surface area (Å²) in [5.41, 5.74) is 0.601. The van der Waals surface area contributed by atoms with E-state index in [0.717, 1.165) is 23.7 Å². The van der Waals surface area contributed by atoms with Crippen LogP contribution in [0.5, 0.6) is 0 Å². The summed E-state index contributed by atoms with van der Waals surface area (Å²) in [4.78, 5) is 0. The fourth-order valence-corrected chi connectivity index (χ4v) is 4.55. The smallest absolute Gasteiger partial charge is 0.0297 e. The second kappa shape index (κ2) is 5.33. The van der Waals surface area contributed by atoms with E-state index in [-0.39, 0.29) is 0 Å². The van der Waals surface area contributed by atoms with E-state index in [0.29, 0.717) is 5.41 Å². The van der Waals surface area contributed by atoms with Crippen molar-refractivity contribution < 1.29 is 0 Å². The maximum Gasteiger partial charge on any atom is -0.0297 e. The molecule has 0 spiro atoms. The van der Waals surface area contributed by atoms with Crippen molar-refractivity contribution in [2.24, 2.45) is 29.1 Å². The highest BCUT2D eigenvalue weighted by Crippen LogP contribution is 2.50. The standard InChI is InChI=1S/C17H32/c1-13-7-5-9-15(11-13)17(3,4)16-10-6-8-14(2)12-16/h13-16H,5-12H2,1-4H3. The maximum absolute atomic E-state index is 2.58. The lowest BCUT2D eigenvalue weighted by Crippen LogP contribution is -2.37. The molecule has 0 nitrogen and oxygen atoms in total. The first kappa shape index (κ1) is 13.4. The second-order valence-electron chi connectivity index (χ2n) is 7.76. The Morgan fingerprint density at radius 1 is 0.706 bits per heavy atom. The van der Waals surface area contributed by atoms with Gasteiger partial charge in [-0.2, -0.15) is 0 Å². The molecule has 0 saturated heterocycles. The minimum atomic E-state index is 0.601. The van der Waals surface area contributed by atoms with Gasteiger partial charge in [-0.15, -0.1) is 0 Å². The van der Waals surface area contributed by atoms with Crippen LogP contribution in [0.25, 0.3) is 0 Å². The lowest BCUT2D eigenvalue weighted by molar-refractivity contribution is 0.0346. The summed E-state index contributed by atoms with van der Waals surface area (Å²) in [5.74, 6) is 3.96. The molecular weight excluding hydrogens is 204 g/mol. The van der Waals surface area contributed by atoms with Gasteiger partial charge in [-0.05, 0) is 54.8 Å². The average Bonchev–Trinajstić information content (AvgIpc) is 2.29. The second-order valence-corrected chi connectivity index (χ2v) is 7.76. The Kier molecular flexibility index (Phi) is 4.21. The first-order valence-corrected chi connectivity index (χ1v) is 8.00. The van der Waals surface area contributed by atoms with Crippen LogP contribution in [0, 0.1) is 29.1 Å². The molecule has 2 fully saturated rings. The normalized spacial score (nSPS) is 40.2. The molecule has 0 heteroatoms. The third-order valence-corrected chi connectivity index (χ3v) is 5.98. The highest BCUT2D eigenvalue weighted by Gasteiger charge is 2.40. The highest BCUT2D eigenvalue weighted by atomic mass is 14.4. The van der Waals surface area contributed by atoms with Crippen molar-refractivity contribution in [1.82, 2.24) is 0 Å². The van der Waals surface area contributed by atoms with Crippen LogP contribution in [0.3, 0.4) is 0 Å². The first-order valence-electron chi connectivity index (χ1n) is 8.00. The van der Waals surface area contributed by atoms with Crippen molar-refractivity contribution in [1.29, 1.82) is 0 Å². The van der Waals surface area contributed by atoms with Crippen molar-refractivity contribution in [3.05, 3.63) is 0 Å². The highest BCUT2D eigenvalue weighted by molar-refractivity contribution is 4.90. The first-order chi connectivity index (χ1) is 8.00. The Hall–Kier alpha value is 0. The molecule has 0 bridgehead atoms. The summed E-state index contributed by atoms with van der Waals surface area (Å²) in [6, 6.07) is 0. The lowest BCUT2D eigenvalue weighted by Gasteiger charge is -2.47. The molecular formula is C17H32. The number of hydrogen-bond acceptors (Lipinski definition) is 0. The van der Waals surface area contributed by atoms with Gasteiger partial charge in [0, 0.05) is 0 Å². The van der Waals surface area contributed by atoms with Crippen LogP contribution < -0.4 is 0 Å². The van der Waals surface area contributed by atoms with Crippen molar-refractivity contribution in [2.75, 3.05) is 0 Å². The Bertz CT molecular complexity index is 216. The minimum absolute atomic E-state index is 0.601. The summed E-state index contributed by atoms with van der Waals surface area (Å²) in [7, 11) is 0. The largest absolute Gasteiger partial charge is 0.0625 e. The van der Waals surface area contributed by atoms with Gasteiger partial charge in [0.2, 0.25) is 0 Å². The van der Waals surface area contributed by atoms with Gasteiger partial charge >= 0.3 is 0 Å². The summed E-state index contributed by atoms with van der Waals surface area (Å²) in [6.07, 6.45) is 11.9. The third-order valence-electron chi connectivity index (χ3n) is 5.98. The van der Waals surface area contributed by atoms with E-state index in [9.17, 15) is 0 Å². The van der Waals surface area contributed by atoms with Crippen LogP contribution in [0.4, 0.5) is 0 Å². The number of hydrogen-bond donors (Lipinski definition) is 0. The Morgan fingerprint density at radius 3 is 1.47 bits per heavy atom. The van der Waals surface area contributed by atoms with Crippen LogP contribution in [0.1, 0.15) is 79.1 Å². The van der Waals surface area contributed by atoms with Gasteiger partial charge in [-0.1, -0.05) is 53.4 Å². The minimum Gasteiger partial charge on any atom is -0.0625 e. The lowest BCUT2D eigenvalue weighted by atomic mass is 9.59. The predicted molar refractivity (Wildman–Crippen MR) is 76.0 cm³/mol. The molecule has 0 aliphatic heterocycles. The van der Waals surface area contributed by atoms with Crippen molar-refractivity contribution in [3.63, 3.8) is 0 Å². The topological polar surface area (TPSA) is 0 Å². The van der Waals surface area contributed by atoms with E-state index in [2.05, 4.69) is 27.7 Å². The maximum atomic E-state index is 2.58. The van der Waals surface area contributed by atoms with Gasteiger partial charge < -0.3 is 0 Å². The monoisotopic (exact) mass is 236 g/mol. The molecule has 4 unspecified atom stereocenters. The molecule has 0 aromatic heterocycles. The zero-order valence-corrected chi connectivity index (χ0v) is 12.5. The quantitative estimate of drug-likeness (QED) is 0.580. The Balaban J connectivity index is 2.00. The molecule has 17 heavy (non-hydrogen) atoms. The van der Waals surface area contributed by atoms with Crippen LogP contribution in [0.2, 0.25) is 0 Å². The van der Waals surface area contributed by atoms with Gasteiger partial charge in [0.25, 0.3) is 0 Å². The zero-order chi connectivity index (χ0) is 12.5. The molecule has 2 rings (SSSR count). The van der Waals surface area contributed by atoms with E-state index >= 15 is 0 Å². The van der Waals surface area contributed by atoms with Gasteiger partial charge in [0.15, 0.2) is 0 Å². The molecule has 2 aliphatic carbocycles. The van der Waals surface area contributed by atoms with Gasteiger partial charge in [0.05, 0.1) is 0 Å². The van der Waals surface area contributed by atoms with Crippen molar-refractivity contribution in [2.45, 2.75) is 79.1 Å². The van der Waals surface area contributed by atoms with Gasteiger partial charge in [0.1, 0.15) is 0 Å². The summed E-state index contributed by atoms with van der Waals surface area (Å²) in [5, 5.41) is 0. The van der Waals surface area contributed by atoms with E-state index < -0.39 is 0 Å². The number of rotatable bonds is 2. The van der Waals surface area contributed by atoms with Gasteiger partial charge in [-0.3, -0.25) is 0 Å². The average molecular weight is 236 g/mol. The third kappa shape index (κ3) is 3.06. The molecule has 0 aromatic carbocycles. The van der Waals surface area contributed by atoms with E-state index in [1.807, 2.05) is 0 Å². The van der Waals surface area contributed by atoms with E-state index in [1.54, 1.807) is 0 Å². The molecule has 0 aromatic rings. The Morgan fingerprint density at radius 2 is 1.12 bits per heavy atom. The van der Waals surface area contributed by atoms with E-state index in [1.165, 1.54) is 51.4 Å². The molecule has 0 amide bonds. The molecule has 4 atom stereocenters. The molecule has 0 heterocycles. The fourth-order valence-electron chi connectivity index (χ4n) is 4.55. The molecule has 0 radical (unpaired) electrons. The molecule has 100 valence electrons. The Labute approximate surface area is 109 Å². The molecule has 2 saturated carbocycles. The summed E-state index contributed by atoms with van der Waals surface area (Å²) >= 11 is 0. The summed E-state index contributed by atoms with van der Waals surface area (Å²) in [6.45, 7) is 10.1. The van der Waals surface area contributed by atoms with Crippen LogP contribution >= 0.6 is 0 Å². The van der Waals surface area contributed by atoms with E-state index in [4.69, 9.17) is 0 Å². The van der Waals surface area contributed by atoms with Crippen molar-refractivity contribution >= 4 is 0 Å².